The van der Waals surface area contributed by atoms with Gasteiger partial charge in [-0.2, -0.15) is 0 Å². The lowest BCUT2D eigenvalue weighted by atomic mass is 10.2. The molecule has 0 fully saturated rings. The Morgan fingerprint density at radius 3 is 2.76 bits per heavy atom. The zero-order valence-corrected chi connectivity index (χ0v) is 9.84. The van der Waals surface area contributed by atoms with Crippen LogP contribution in [0.15, 0.2) is 18.2 Å². The Kier molecular flexibility index (Phi) is 4.71. The molecule has 0 aliphatic heterocycles. The standard InChI is InChI=1S/C11H16N2O4/c1-8(3-4-14)12-9-5-10(13(15)16)7-11(6-9)17-2/h5-8,12,14H,3-4H2,1-2H3. The average Bonchev–Trinajstić information content (AvgIpc) is 2.28. The number of ether oxygens (including phenoxy) is 1. The van der Waals surface area contributed by atoms with Crippen LogP contribution in [0.4, 0.5) is 11.4 Å². The molecule has 0 saturated carbocycles. The summed E-state index contributed by atoms with van der Waals surface area (Å²) in [7, 11) is 1.46. The van der Waals surface area contributed by atoms with Crippen LogP contribution in [0.25, 0.3) is 0 Å². The van der Waals surface area contributed by atoms with Gasteiger partial charge in [-0.05, 0) is 13.3 Å². The maximum absolute atomic E-state index is 10.7. The van der Waals surface area contributed by atoms with Gasteiger partial charge < -0.3 is 15.2 Å². The molecule has 1 aromatic rings. The lowest BCUT2D eigenvalue weighted by Gasteiger charge is -2.14. The Morgan fingerprint density at radius 1 is 1.53 bits per heavy atom. The molecule has 0 radical (unpaired) electrons. The molecular formula is C11H16N2O4. The van der Waals surface area contributed by atoms with Crippen LogP contribution in [-0.2, 0) is 0 Å². The van der Waals surface area contributed by atoms with Gasteiger partial charge >= 0.3 is 0 Å². The number of aliphatic hydroxyl groups is 1. The summed E-state index contributed by atoms with van der Waals surface area (Å²) in [6.07, 6.45) is 0.574. The first-order chi connectivity index (χ1) is 8.06. The highest BCUT2D eigenvalue weighted by molar-refractivity contribution is 5.56. The number of methoxy groups -OCH3 is 1. The van der Waals surface area contributed by atoms with Crippen LogP contribution >= 0.6 is 0 Å². The molecule has 0 spiro atoms. The largest absolute Gasteiger partial charge is 0.496 e. The molecule has 6 heteroatoms. The topological polar surface area (TPSA) is 84.6 Å². The van der Waals surface area contributed by atoms with E-state index in [0.29, 0.717) is 17.9 Å². The number of nitro benzene ring substituents is 1. The minimum Gasteiger partial charge on any atom is -0.496 e. The van der Waals surface area contributed by atoms with Crippen LogP contribution in [0.3, 0.4) is 0 Å². The summed E-state index contributed by atoms with van der Waals surface area (Å²) in [6, 6.07) is 4.52. The quantitative estimate of drug-likeness (QED) is 0.585. The lowest BCUT2D eigenvalue weighted by molar-refractivity contribution is -0.384. The third-order valence-electron chi connectivity index (χ3n) is 2.31. The molecule has 1 rings (SSSR count). The molecular weight excluding hydrogens is 224 g/mol. The molecule has 1 aromatic carbocycles. The van der Waals surface area contributed by atoms with Crippen molar-refractivity contribution in [3.05, 3.63) is 28.3 Å². The normalized spacial score (nSPS) is 11.9. The fraction of sp³-hybridized carbons (Fsp3) is 0.455. The minimum atomic E-state index is -0.468. The van der Waals surface area contributed by atoms with Crippen LogP contribution in [-0.4, -0.2) is 29.8 Å². The maximum Gasteiger partial charge on any atom is 0.275 e. The Hall–Kier alpha value is -1.82. The summed E-state index contributed by atoms with van der Waals surface area (Å²) < 4.78 is 4.99. The van der Waals surface area contributed by atoms with E-state index in [-0.39, 0.29) is 18.3 Å². The van der Waals surface area contributed by atoms with Gasteiger partial charge in [-0.25, -0.2) is 0 Å². The van der Waals surface area contributed by atoms with Gasteiger partial charge in [0.05, 0.1) is 18.1 Å². The van der Waals surface area contributed by atoms with Gasteiger partial charge in [0.2, 0.25) is 0 Å². The van der Waals surface area contributed by atoms with E-state index in [1.165, 1.54) is 19.2 Å². The highest BCUT2D eigenvalue weighted by Gasteiger charge is 2.11. The van der Waals surface area contributed by atoms with E-state index >= 15 is 0 Å². The third-order valence-corrected chi connectivity index (χ3v) is 2.31. The van der Waals surface area contributed by atoms with Gasteiger partial charge in [-0.1, -0.05) is 0 Å². The second-order valence-electron chi connectivity index (χ2n) is 3.73. The number of hydrogen-bond donors (Lipinski definition) is 2. The van der Waals surface area contributed by atoms with Crippen LogP contribution in [0, 0.1) is 10.1 Å². The van der Waals surface area contributed by atoms with Crippen molar-refractivity contribution in [2.24, 2.45) is 0 Å². The zero-order valence-electron chi connectivity index (χ0n) is 9.84. The molecule has 94 valence electrons. The second-order valence-corrected chi connectivity index (χ2v) is 3.73. The number of aliphatic hydroxyl groups excluding tert-OH is 1. The van der Waals surface area contributed by atoms with E-state index in [2.05, 4.69) is 5.32 Å². The minimum absolute atomic E-state index is 0.0250. The lowest BCUT2D eigenvalue weighted by Crippen LogP contribution is -2.16. The summed E-state index contributed by atoms with van der Waals surface area (Å²) in [5, 5.41) is 22.6. The summed E-state index contributed by atoms with van der Waals surface area (Å²) >= 11 is 0. The van der Waals surface area contributed by atoms with E-state index in [9.17, 15) is 10.1 Å². The van der Waals surface area contributed by atoms with Crippen molar-refractivity contribution in [2.75, 3.05) is 19.0 Å². The monoisotopic (exact) mass is 240 g/mol. The molecule has 0 aliphatic rings. The Morgan fingerprint density at radius 2 is 2.24 bits per heavy atom. The van der Waals surface area contributed by atoms with Gasteiger partial charge in [-0.3, -0.25) is 10.1 Å². The van der Waals surface area contributed by atoms with Crippen LogP contribution in [0.2, 0.25) is 0 Å². The highest BCUT2D eigenvalue weighted by Crippen LogP contribution is 2.26. The summed E-state index contributed by atoms with van der Waals surface area (Å²) in [5.74, 6) is 0.429. The molecule has 0 aliphatic carbocycles. The second kappa shape index (κ2) is 6.05. The molecule has 1 unspecified atom stereocenters. The van der Waals surface area contributed by atoms with Gasteiger partial charge in [0, 0.05) is 30.5 Å². The van der Waals surface area contributed by atoms with Crippen molar-refractivity contribution in [3.63, 3.8) is 0 Å². The SMILES string of the molecule is COc1cc(NC(C)CCO)cc([N+](=O)[O-])c1. The third kappa shape index (κ3) is 3.92. The number of nitrogens with zero attached hydrogens (tertiary/aromatic N) is 1. The van der Waals surface area contributed by atoms with Crippen molar-refractivity contribution >= 4 is 11.4 Å². The zero-order chi connectivity index (χ0) is 12.8. The van der Waals surface area contributed by atoms with Crippen molar-refractivity contribution < 1.29 is 14.8 Å². The summed E-state index contributed by atoms with van der Waals surface area (Å²) in [6.45, 7) is 1.96. The van der Waals surface area contributed by atoms with Gasteiger partial charge in [0.25, 0.3) is 5.69 Å². The number of rotatable bonds is 6. The fourth-order valence-corrected chi connectivity index (χ4v) is 1.44. The van der Waals surface area contributed by atoms with E-state index in [1.54, 1.807) is 6.07 Å². The molecule has 2 N–H and O–H groups in total. The van der Waals surface area contributed by atoms with Gasteiger partial charge in [-0.15, -0.1) is 0 Å². The van der Waals surface area contributed by atoms with Crippen molar-refractivity contribution in [1.82, 2.24) is 0 Å². The van der Waals surface area contributed by atoms with Crippen molar-refractivity contribution in [1.29, 1.82) is 0 Å². The number of nitro groups is 1. The maximum atomic E-state index is 10.7. The smallest absolute Gasteiger partial charge is 0.275 e. The highest BCUT2D eigenvalue weighted by atomic mass is 16.6. The number of non-ortho nitro benzene ring substituents is 1. The number of benzene rings is 1. The molecule has 0 heterocycles. The predicted octanol–water partition coefficient (Wildman–Crippen LogP) is 1.79. The van der Waals surface area contributed by atoms with E-state index < -0.39 is 4.92 Å². The van der Waals surface area contributed by atoms with E-state index in [1.807, 2.05) is 6.92 Å². The van der Waals surface area contributed by atoms with E-state index in [0.717, 1.165) is 0 Å². The predicted molar refractivity (Wildman–Crippen MR) is 64.4 cm³/mol. The van der Waals surface area contributed by atoms with Crippen LogP contribution in [0.5, 0.6) is 5.75 Å². The number of anilines is 1. The first kappa shape index (κ1) is 13.2. The molecule has 6 nitrogen and oxygen atoms in total. The molecule has 1 atom stereocenters. The first-order valence-corrected chi connectivity index (χ1v) is 5.27. The summed E-state index contributed by atoms with van der Waals surface area (Å²) in [5.41, 5.74) is 0.583. The van der Waals surface area contributed by atoms with E-state index in [4.69, 9.17) is 9.84 Å². The van der Waals surface area contributed by atoms with Crippen molar-refractivity contribution in [2.45, 2.75) is 19.4 Å². The van der Waals surface area contributed by atoms with Gasteiger partial charge in [0.15, 0.2) is 0 Å². The average molecular weight is 240 g/mol. The summed E-state index contributed by atoms with van der Waals surface area (Å²) in [4.78, 5) is 10.2. The first-order valence-electron chi connectivity index (χ1n) is 5.27. The van der Waals surface area contributed by atoms with Crippen molar-refractivity contribution in [3.8, 4) is 5.75 Å². The molecule has 0 saturated heterocycles. The molecule has 17 heavy (non-hydrogen) atoms. The molecule has 0 bridgehead atoms. The van der Waals surface area contributed by atoms with Crippen LogP contribution < -0.4 is 10.1 Å². The number of hydrogen-bond acceptors (Lipinski definition) is 5. The Labute approximate surface area is 99.4 Å². The van der Waals surface area contributed by atoms with Crippen LogP contribution in [0.1, 0.15) is 13.3 Å². The Bertz CT molecular complexity index is 395. The fourth-order valence-electron chi connectivity index (χ4n) is 1.44. The number of nitrogens with one attached hydrogen (secondary N) is 1. The molecule has 0 amide bonds. The van der Waals surface area contributed by atoms with Gasteiger partial charge in [0.1, 0.15) is 5.75 Å². The molecule has 0 aromatic heterocycles. The Balaban J connectivity index is 2.90.